The number of rotatable bonds is 5. The SMILES string of the molecule is CCC[C@H](N[S@+]([O-])C(C)(C)C)c1cnc(Cl)c(Cl)c1. The second-order valence-corrected chi connectivity index (χ2v) is 8.14. The molecule has 0 aromatic carbocycles. The van der Waals surface area contributed by atoms with Gasteiger partial charge >= 0.3 is 0 Å². The monoisotopic (exact) mass is 322 g/mol. The Hall–Kier alpha value is -0.0000000000000000555. The summed E-state index contributed by atoms with van der Waals surface area (Å²) < 4.78 is 15.0. The molecule has 0 fully saturated rings. The Kier molecular flexibility index (Phi) is 6.40. The number of hydrogen-bond acceptors (Lipinski definition) is 3. The summed E-state index contributed by atoms with van der Waals surface area (Å²) in [5.41, 5.74) is 0.911. The smallest absolute Gasteiger partial charge is 0.147 e. The van der Waals surface area contributed by atoms with E-state index in [-0.39, 0.29) is 15.9 Å². The third-order valence-electron chi connectivity index (χ3n) is 2.60. The van der Waals surface area contributed by atoms with Gasteiger partial charge in [-0.15, -0.1) is 4.72 Å². The molecule has 0 aliphatic carbocycles. The van der Waals surface area contributed by atoms with Crippen molar-refractivity contribution in [3.8, 4) is 0 Å². The van der Waals surface area contributed by atoms with E-state index in [2.05, 4.69) is 16.6 Å². The lowest BCUT2D eigenvalue weighted by Crippen LogP contribution is -2.41. The summed E-state index contributed by atoms with van der Waals surface area (Å²) in [5, 5.41) is 0.709. The molecule has 3 nitrogen and oxygen atoms in total. The van der Waals surface area contributed by atoms with Crippen molar-refractivity contribution >= 4 is 34.6 Å². The number of hydrogen-bond donors (Lipinski definition) is 1. The minimum Gasteiger partial charge on any atom is -0.598 e. The molecule has 19 heavy (non-hydrogen) atoms. The highest BCUT2D eigenvalue weighted by molar-refractivity contribution is 7.90. The number of nitrogens with one attached hydrogen (secondary N) is 1. The topological polar surface area (TPSA) is 48.0 Å². The minimum absolute atomic E-state index is 0.0349. The second kappa shape index (κ2) is 7.14. The molecule has 1 aromatic heterocycles. The molecule has 1 N–H and O–H groups in total. The maximum absolute atomic E-state index is 12.2. The maximum atomic E-state index is 12.2. The van der Waals surface area contributed by atoms with E-state index in [1.165, 1.54) is 0 Å². The van der Waals surface area contributed by atoms with Crippen molar-refractivity contribution in [1.29, 1.82) is 0 Å². The molecule has 0 aliphatic rings. The van der Waals surface area contributed by atoms with Crippen molar-refractivity contribution in [1.82, 2.24) is 9.71 Å². The van der Waals surface area contributed by atoms with Crippen molar-refractivity contribution < 1.29 is 4.55 Å². The van der Waals surface area contributed by atoms with E-state index in [1.807, 2.05) is 20.8 Å². The van der Waals surface area contributed by atoms with Crippen LogP contribution >= 0.6 is 23.2 Å². The van der Waals surface area contributed by atoms with Gasteiger partial charge in [0.25, 0.3) is 0 Å². The van der Waals surface area contributed by atoms with E-state index in [9.17, 15) is 4.55 Å². The van der Waals surface area contributed by atoms with Crippen molar-refractivity contribution in [2.45, 2.75) is 51.3 Å². The average Bonchev–Trinajstić information content (AvgIpc) is 2.31. The molecule has 2 atom stereocenters. The minimum atomic E-state index is -1.14. The van der Waals surface area contributed by atoms with Gasteiger partial charge in [0.1, 0.15) is 9.90 Å². The summed E-state index contributed by atoms with van der Waals surface area (Å²) in [5.74, 6) is 0. The molecule has 1 rings (SSSR count). The number of halogens is 2. The van der Waals surface area contributed by atoms with Crippen LogP contribution in [0.25, 0.3) is 0 Å². The van der Waals surface area contributed by atoms with Gasteiger partial charge in [-0.3, -0.25) is 0 Å². The van der Waals surface area contributed by atoms with Crippen LogP contribution in [-0.4, -0.2) is 14.3 Å². The van der Waals surface area contributed by atoms with E-state index in [0.29, 0.717) is 5.02 Å². The van der Waals surface area contributed by atoms with Gasteiger partial charge in [0.2, 0.25) is 0 Å². The normalized spacial score (nSPS) is 15.3. The van der Waals surface area contributed by atoms with E-state index < -0.39 is 11.4 Å². The van der Waals surface area contributed by atoms with Gasteiger partial charge in [-0.25, -0.2) is 4.98 Å². The van der Waals surface area contributed by atoms with E-state index in [1.54, 1.807) is 12.3 Å². The van der Waals surface area contributed by atoms with Crippen molar-refractivity contribution in [3.05, 3.63) is 28.0 Å². The second-order valence-electron chi connectivity index (χ2n) is 5.38. The van der Waals surface area contributed by atoms with Gasteiger partial charge in [-0.05, 0) is 38.8 Å². The Morgan fingerprint density at radius 1 is 1.42 bits per heavy atom. The highest BCUT2D eigenvalue weighted by Gasteiger charge is 2.29. The number of nitrogens with zero attached hydrogens (tertiary/aromatic N) is 1. The van der Waals surface area contributed by atoms with Crippen LogP contribution in [-0.2, 0) is 11.4 Å². The lowest BCUT2D eigenvalue weighted by atomic mass is 10.1. The third kappa shape index (κ3) is 5.12. The lowest BCUT2D eigenvalue weighted by molar-refractivity contribution is 0.509. The van der Waals surface area contributed by atoms with Gasteiger partial charge in [0.05, 0.1) is 11.1 Å². The quantitative estimate of drug-likeness (QED) is 0.650. The predicted molar refractivity (Wildman–Crippen MR) is 82.9 cm³/mol. The molecule has 0 radical (unpaired) electrons. The number of aromatic nitrogens is 1. The molecule has 0 spiro atoms. The molecule has 1 aromatic rings. The van der Waals surface area contributed by atoms with E-state index in [4.69, 9.17) is 23.2 Å². The van der Waals surface area contributed by atoms with Crippen LogP contribution in [0.4, 0.5) is 0 Å². The summed E-state index contributed by atoms with van der Waals surface area (Å²) >= 11 is 10.7. The summed E-state index contributed by atoms with van der Waals surface area (Å²) in [6.07, 6.45) is 3.52. The fraction of sp³-hybridized carbons (Fsp3) is 0.615. The van der Waals surface area contributed by atoms with Crippen LogP contribution in [0.5, 0.6) is 0 Å². The molecule has 6 heteroatoms. The zero-order chi connectivity index (χ0) is 14.6. The lowest BCUT2D eigenvalue weighted by Gasteiger charge is -2.28. The summed E-state index contributed by atoms with van der Waals surface area (Å²) in [6.45, 7) is 7.89. The van der Waals surface area contributed by atoms with Gasteiger partial charge in [-0.2, -0.15) is 0 Å². The fourth-order valence-corrected chi connectivity index (χ4v) is 2.66. The molecule has 0 saturated heterocycles. The molecule has 0 bridgehead atoms. The van der Waals surface area contributed by atoms with Crippen LogP contribution in [0, 0.1) is 0 Å². The summed E-state index contributed by atoms with van der Waals surface area (Å²) in [6, 6.07) is 1.75. The zero-order valence-corrected chi connectivity index (χ0v) is 14.0. The molecule has 1 heterocycles. The Bertz CT molecular complexity index is 424. The first-order valence-electron chi connectivity index (χ1n) is 6.24. The maximum Gasteiger partial charge on any atom is 0.147 e. The first-order valence-corrected chi connectivity index (χ1v) is 8.15. The first kappa shape index (κ1) is 17.1. The van der Waals surface area contributed by atoms with Gasteiger partial charge in [0, 0.05) is 17.6 Å². The molecular weight excluding hydrogens is 303 g/mol. The summed E-state index contributed by atoms with van der Waals surface area (Å²) in [4.78, 5) is 4.05. The van der Waals surface area contributed by atoms with E-state index in [0.717, 1.165) is 18.4 Å². The van der Waals surface area contributed by atoms with Crippen molar-refractivity contribution in [3.63, 3.8) is 0 Å². The Balaban J connectivity index is 2.90. The van der Waals surface area contributed by atoms with Crippen LogP contribution in [0.2, 0.25) is 10.2 Å². The molecule has 0 amide bonds. The molecular formula is C13H20Cl2N2OS. The Morgan fingerprint density at radius 2 is 2.05 bits per heavy atom. The highest BCUT2D eigenvalue weighted by Crippen LogP contribution is 2.27. The van der Waals surface area contributed by atoms with Crippen LogP contribution in [0.3, 0.4) is 0 Å². The molecule has 0 unspecified atom stereocenters. The molecule has 0 aliphatic heterocycles. The first-order chi connectivity index (χ1) is 8.75. The van der Waals surface area contributed by atoms with Gasteiger partial charge < -0.3 is 4.55 Å². The standard InChI is InChI=1S/C13H20Cl2N2OS/c1-5-6-11(17-19(18)13(2,3)4)9-7-10(14)12(15)16-8-9/h7-8,11,17H,5-6H2,1-4H3/t11-,19+/m0/s1. The van der Waals surface area contributed by atoms with Crippen molar-refractivity contribution in [2.75, 3.05) is 0 Å². The number of pyridine rings is 1. The zero-order valence-electron chi connectivity index (χ0n) is 11.7. The average molecular weight is 323 g/mol. The van der Waals surface area contributed by atoms with Gasteiger partial charge in [-0.1, -0.05) is 36.5 Å². The Labute approximate surface area is 128 Å². The summed E-state index contributed by atoms with van der Waals surface area (Å²) in [7, 11) is 0. The van der Waals surface area contributed by atoms with E-state index >= 15 is 0 Å². The van der Waals surface area contributed by atoms with Crippen LogP contribution < -0.4 is 4.72 Å². The Morgan fingerprint density at radius 3 is 2.53 bits per heavy atom. The third-order valence-corrected chi connectivity index (χ3v) is 4.90. The van der Waals surface area contributed by atoms with Crippen LogP contribution in [0.1, 0.15) is 52.1 Å². The molecule has 108 valence electrons. The van der Waals surface area contributed by atoms with Crippen LogP contribution in [0.15, 0.2) is 12.3 Å². The highest BCUT2D eigenvalue weighted by atomic mass is 35.5. The molecule has 0 saturated carbocycles. The largest absolute Gasteiger partial charge is 0.598 e. The fourth-order valence-electron chi connectivity index (χ4n) is 1.51. The van der Waals surface area contributed by atoms with Gasteiger partial charge in [0.15, 0.2) is 0 Å². The van der Waals surface area contributed by atoms with Crippen molar-refractivity contribution in [2.24, 2.45) is 0 Å². The predicted octanol–water partition coefficient (Wildman–Crippen LogP) is 4.28.